The smallest absolute Gasteiger partial charge is 0.253 e. The molecule has 0 aliphatic carbocycles. The molecule has 106 valence electrons. The highest BCUT2D eigenvalue weighted by molar-refractivity contribution is 7.09. The number of carbonyl (C=O) groups excluding carboxylic acids is 2. The summed E-state index contributed by atoms with van der Waals surface area (Å²) in [5.41, 5.74) is 0.779. The van der Waals surface area contributed by atoms with Gasteiger partial charge in [0.05, 0.1) is 23.9 Å². The summed E-state index contributed by atoms with van der Waals surface area (Å²) < 4.78 is 0. The Bertz CT molecular complexity index is 674. The molecule has 0 spiro atoms. The van der Waals surface area contributed by atoms with Crippen molar-refractivity contribution in [1.82, 2.24) is 5.32 Å². The van der Waals surface area contributed by atoms with Crippen LogP contribution in [-0.2, 0) is 11.3 Å². The first kappa shape index (κ1) is 14.8. The van der Waals surface area contributed by atoms with Gasteiger partial charge >= 0.3 is 0 Å². The van der Waals surface area contributed by atoms with Crippen molar-refractivity contribution in [3.05, 3.63) is 52.2 Å². The second-order valence-corrected chi connectivity index (χ2v) is 5.22. The molecule has 0 aliphatic rings. The molecular formula is C15H13N3O2S. The van der Waals surface area contributed by atoms with Crippen molar-refractivity contribution < 1.29 is 9.59 Å². The number of hydrogen-bond donors (Lipinski definition) is 2. The summed E-state index contributed by atoms with van der Waals surface area (Å²) in [6.07, 6.45) is -0.245. The van der Waals surface area contributed by atoms with Crippen LogP contribution in [0.4, 0.5) is 5.69 Å². The van der Waals surface area contributed by atoms with Crippen LogP contribution in [0.15, 0.2) is 41.8 Å². The first-order valence-corrected chi connectivity index (χ1v) is 7.15. The first-order chi connectivity index (χ1) is 10.2. The van der Waals surface area contributed by atoms with Crippen molar-refractivity contribution in [2.24, 2.45) is 0 Å². The van der Waals surface area contributed by atoms with E-state index in [1.807, 2.05) is 17.5 Å². The van der Waals surface area contributed by atoms with Crippen LogP contribution in [0.25, 0.3) is 0 Å². The molecule has 0 fully saturated rings. The Hall–Kier alpha value is -2.65. The predicted octanol–water partition coefficient (Wildman–Crippen LogP) is 2.53. The minimum Gasteiger partial charge on any atom is -0.347 e. The van der Waals surface area contributed by atoms with Crippen molar-refractivity contribution in [2.75, 3.05) is 5.32 Å². The average molecular weight is 299 g/mol. The van der Waals surface area contributed by atoms with Crippen LogP contribution in [0.2, 0.25) is 0 Å². The normalized spacial score (nSPS) is 9.67. The van der Waals surface area contributed by atoms with E-state index in [1.54, 1.807) is 41.7 Å². The van der Waals surface area contributed by atoms with Gasteiger partial charge in [0.25, 0.3) is 5.91 Å². The lowest BCUT2D eigenvalue weighted by Crippen LogP contribution is -2.24. The Kier molecular flexibility index (Phi) is 5.07. The molecule has 6 heteroatoms. The fourth-order valence-corrected chi connectivity index (χ4v) is 2.38. The van der Waals surface area contributed by atoms with Gasteiger partial charge in [-0.25, -0.2) is 0 Å². The molecule has 1 heterocycles. The van der Waals surface area contributed by atoms with Gasteiger partial charge in [0, 0.05) is 4.88 Å². The molecule has 1 aromatic carbocycles. The van der Waals surface area contributed by atoms with Crippen molar-refractivity contribution in [3.8, 4) is 6.07 Å². The van der Waals surface area contributed by atoms with Crippen LogP contribution in [-0.4, -0.2) is 11.8 Å². The molecule has 21 heavy (non-hydrogen) atoms. The second-order valence-electron chi connectivity index (χ2n) is 4.19. The number of carbonyl (C=O) groups is 2. The number of rotatable bonds is 5. The van der Waals surface area contributed by atoms with E-state index in [9.17, 15) is 9.59 Å². The summed E-state index contributed by atoms with van der Waals surface area (Å²) >= 11 is 1.56. The monoisotopic (exact) mass is 299 g/mol. The maximum absolute atomic E-state index is 12.2. The molecule has 0 bridgehead atoms. The molecule has 2 rings (SSSR count). The molecule has 0 saturated heterocycles. The number of amides is 2. The summed E-state index contributed by atoms with van der Waals surface area (Å²) in [5.74, 6) is -0.702. The topological polar surface area (TPSA) is 82.0 Å². The quantitative estimate of drug-likeness (QED) is 0.890. The maximum Gasteiger partial charge on any atom is 0.253 e. The highest BCUT2D eigenvalue weighted by Gasteiger charge is 2.12. The van der Waals surface area contributed by atoms with Crippen molar-refractivity contribution in [1.29, 1.82) is 5.26 Å². The lowest BCUT2D eigenvalue weighted by Gasteiger charge is -2.10. The van der Waals surface area contributed by atoms with Crippen LogP contribution < -0.4 is 10.6 Å². The number of para-hydroxylation sites is 1. The Morgan fingerprint density at radius 3 is 2.71 bits per heavy atom. The minimum absolute atomic E-state index is 0.245. The molecule has 1 aromatic heterocycles. The van der Waals surface area contributed by atoms with Gasteiger partial charge in [0.15, 0.2) is 0 Å². The fourth-order valence-electron chi connectivity index (χ4n) is 1.73. The number of nitrogens with one attached hydrogen (secondary N) is 2. The van der Waals surface area contributed by atoms with Crippen molar-refractivity contribution in [3.63, 3.8) is 0 Å². The number of anilines is 1. The van der Waals surface area contributed by atoms with E-state index in [-0.39, 0.29) is 12.3 Å². The average Bonchev–Trinajstić information content (AvgIpc) is 2.99. The molecule has 0 unspecified atom stereocenters. The number of hydrogen-bond acceptors (Lipinski definition) is 4. The molecule has 5 nitrogen and oxygen atoms in total. The lowest BCUT2D eigenvalue weighted by atomic mass is 10.1. The third-order valence-electron chi connectivity index (χ3n) is 2.69. The highest BCUT2D eigenvalue weighted by atomic mass is 32.1. The molecule has 2 amide bonds. The van der Waals surface area contributed by atoms with Crippen molar-refractivity contribution in [2.45, 2.75) is 13.0 Å². The van der Waals surface area contributed by atoms with Gasteiger partial charge in [-0.15, -0.1) is 11.3 Å². The first-order valence-electron chi connectivity index (χ1n) is 6.27. The number of thiophene rings is 1. The molecule has 0 saturated carbocycles. The summed E-state index contributed by atoms with van der Waals surface area (Å²) in [6, 6.07) is 12.3. The van der Waals surface area contributed by atoms with E-state index in [1.165, 1.54) is 0 Å². The maximum atomic E-state index is 12.2. The largest absolute Gasteiger partial charge is 0.347 e. The molecule has 2 aromatic rings. The fraction of sp³-hybridized carbons (Fsp3) is 0.133. The van der Waals surface area contributed by atoms with E-state index in [0.29, 0.717) is 17.8 Å². The third-order valence-corrected chi connectivity index (χ3v) is 3.57. The van der Waals surface area contributed by atoms with Gasteiger partial charge < -0.3 is 10.6 Å². The summed E-state index contributed by atoms with van der Waals surface area (Å²) in [4.78, 5) is 24.7. The Balaban J connectivity index is 2.06. The van der Waals surface area contributed by atoms with E-state index in [4.69, 9.17) is 5.26 Å². The number of benzene rings is 1. The predicted molar refractivity (Wildman–Crippen MR) is 80.8 cm³/mol. The van der Waals surface area contributed by atoms with E-state index < -0.39 is 5.91 Å². The number of nitriles is 1. The van der Waals surface area contributed by atoms with Gasteiger partial charge in [0.2, 0.25) is 5.91 Å². The summed E-state index contributed by atoms with van der Waals surface area (Å²) in [5, 5.41) is 15.8. The zero-order valence-electron chi connectivity index (χ0n) is 11.1. The van der Waals surface area contributed by atoms with Crippen LogP contribution in [0, 0.1) is 11.3 Å². The summed E-state index contributed by atoms with van der Waals surface area (Å²) in [7, 11) is 0. The van der Waals surface area contributed by atoms with Crippen LogP contribution in [0.5, 0.6) is 0 Å². The third kappa shape index (κ3) is 4.16. The van der Waals surface area contributed by atoms with Crippen LogP contribution >= 0.6 is 11.3 Å². The van der Waals surface area contributed by atoms with Gasteiger partial charge in [-0.05, 0) is 23.6 Å². The molecule has 2 N–H and O–H groups in total. The van der Waals surface area contributed by atoms with E-state index in [2.05, 4.69) is 10.6 Å². The molecule has 0 aliphatic heterocycles. The SMILES string of the molecule is N#CCC(=O)Nc1ccccc1C(=O)NCc1cccs1. The minimum atomic E-state index is -0.434. The molecule has 0 radical (unpaired) electrons. The zero-order chi connectivity index (χ0) is 15.1. The van der Waals surface area contributed by atoms with Gasteiger partial charge in [-0.1, -0.05) is 18.2 Å². The second kappa shape index (κ2) is 7.22. The number of nitrogens with zero attached hydrogens (tertiary/aromatic N) is 1. The van der Waals surface area contributed by atoms with Crippen molar-refractivity contribution >= 4 is 28.8 Å². The van der Waals surface area contributed by atoms with E-state index >= 15 is 0 Å². The lowest BCUT2D eigenvalue weighted by molar-refractivity contribution is -0.115. The van der Waals surface area contributed by atoms with Crippen LogP contribution in [0.3, 0.4) is 0 Å². The van der Waals surface area contributed by atoms with Gasteiger partial charge in [-0.3, -0.25) is 9.59 Å². The molecular weight excluding hydrogens is 286 g/mol. The highest BCUT2D eigenvalue weighted by Crippen LogP contribution is 2.16. The molecule has 0 atom stereocenters. The van der Waals surface area contributed by atoms with Gasteiger partial charge in [-0.2, -0.15) is 5.26 Å². The summed E-state index contributed by atoms with van der Waals surface area (Å²) in [6.45, 7) is 0.441. The van der Waals surface area contributed by atoms with E-state index in [0.717, 1.165) is 4.88 Å². The zero-order valence-corrected chi connectivity index (χ0v) is 11.9. The Morgan fingerprint density at radius 1 is 1.19 bits per heavy atom. The van der Waals surface area contributed by atoms with Crippen LogP contribution in [0.1, 0.15) is 21.7 Å². The Labute approximate surface area is 126 Å². The standard InChI is InChI=1S/C15H13N3O2S/c16-8-7-14(19)18-13-6-2-1-5-12(13)15(20)17-10-11-4-3-9-21-11/h1-6,9H,7,10H2,(H,17,20)(H,18,19). The Morgan fingerprint density at radius 2 is 2.00 bits per heavy atom. The van der Waals surface area contributed by atoms with Gasteiger partial charge in [0.1, 0.15) is 6.42 Å².